The summed E-state index contributed by atoms with van der Waals surface area (Å²) < 4.78 is 6.96. The summed E-state index contributed by atoms with van der Waals surface area (Å²) in [6, 6.07) is 17.8. The maximum atomic E-state index is 13.0. The van der Waals surface area contributed by atoms with Crippen molar-refractivity contribution >= 4 is 13.3 Å². The van der Waals surface area contributed by atoms with E-state index in [1.165, 1.54) is 0 Å². The van der Waals surface area contributed by atoms with Gasteiger partial charge in [-0.1, -0.05) is 49.4 Å². The monoisotopic (exact) mass is 385 g/mol. The first kappa shape index (κ1) is 20.6. The first-order chi connectivity index (χ1) is 14.1. The molecule has 0 aliphatic carbocycles. The molecule has 0 aliphatic heterocycles. The molecule has 3 aromatic rings. The van der Waals surface area contributed by atoms with Crippen LogP contribution in [-0.2, 0) is 24.3 Å². The third-order valence-corrected chi connectivity index (χ3v) is 4.98. The highest BCUT2D eigenvalue weighted by Crippen LogP contribution is 2.23. The molecule has 0 atom stereocenters. The second-order valence-electron chi connectivity index (χ2n) is 7.03. The van der Waals surface area contributed by atoms with Gasteiger partial charge in [0.05, 0.1) is 30.5 Å². The Morgan fingerprint density at radius 3 is 2.55 bits per heavy atom. The number of aromatic nitrogens is 2. The lowest BCUT2D eigenvalue weighted by molar-refractivity contribution is 0.181. The predicted molar refractivity (Wildman–Crippen MR) is 117 cm³/mol. The van der Waals surface area contributed by atoms with Crippen LogP contribution in [0.2, 0.25) is 0 Å². The lowest BCUT2D eigenvalue weighted by Gasteiger charge is -2.16. The predicted octanol–water partition coefficient (Wildman–Crippen LogP) is 2.19. The maximum absolute atomic E-state index is 13.0. The average molecular weight is 385 g/mol. The maximum Gasteiger partial charge on any atom is 0.247 e. The largest absolute Gasteiger partial charge is 0.378 e. The highest BCUT2D eigenvalue weighted by atomic mass is 16.5. The Morgan fingerprint density at radius 2 is 1.90 bits per heavy atom. The summed E-state index contributed by atoms with van der Waals surface area (Å²) in [5.41, 5.74) is 4.88. The second-order valence-corrected chi connectivity index (χ2v) is 7.03. The van der Waals surface area contributed by atoms with Gasteiger partial charge in [0.2, 0.25) is 5.56 Å². The lowest BCUT2D eigenvalue weighted by atomic mass is 9.95. The molecule has 3 rings (SSSR count). The van der Waals surface area contributed by atoms with Crippen LogP contribution in [0, 0.1) is 11.3 Å². The zero-order valence-electron chi connectivity index (χ0n) is 17.1. The zero-order chi connectivity index (χ0) is 20.8. The van der Waals surface area contributed by atoms with Gasteiger partial charge in [0, 0.05) is 13.5 Å². The summed E-state index contributed by atoms with van der Waals surface area (Å²) >= 11 is 0. The average Bonchev–Trinajstić information content (AvgIpc) is 2.75. The first-order valence-electron chi connectivity index (χ1n) is 9.75. The molecule has 0 saturated carbocycles. The van der Waals surface area contributed by atoms with Crippen LogP contribution in [0.3, 0.4) is 0 Å². The van der Waals surface area contributed by atoms with Crippen molar-refractivity contribution in [2.45, 2.75) is 32.9 Å². The van der Waals surface area contributed by atoms with E-state index in [-0.39, 0.29) is 5.56 Å². The van der Waals surface area contributed by atoms with E-state index in [0.717, 1.165) is 35.4 Å². The summed E-state index contributed by atoms with van der Waals surface area (Å²) in [5.74, 6) is 0.786. The standard InChI is InChI=1S/C23H24BN3O2/c1-3-6-21-26-20(15-29-2)22(24)23(28)27(21)14-16-9-11-17(12-10-16)19-8-5-4-7-18(19)13-25/h4-5,7-12H,3,6,14-15,24H2,1-2H3. The van der Waals surface area contributed by atoms with Gasteiger partial charge in [0.1, 0.15) is 13.7 Å². The van der Waals surface area contributed by atoms with E-state index in [9.17, 15) is 10.1 Å². The molecule has 0 saturated heterocycles. The Hall–Kier alpha value is -3.17. The quantitative estimate of drug-likeness (QED) is 0.585. The molecule has 6 heteroatoms. The van der Waals surface area contributed by atoms with E-state index in [1.807, 2.05) is 48.5 Å². The van der Waals surface area contributed by atoms with Gasteiger partial charge in [-0.15, -0.1) is 0 Å². The molecule has 0 radical (unpaired) electrons. The fourth-order valence-electron chi connectivity index (χ4n) is 3.40. The fourth-order valence-corrected chi connectivity index (χ4v) is 3.40. The van der Waals surface area contributed by atoms with E-state index in [0.29, 0.717) is 29.9 Å². The molecule has 0 bridgehead atoms. The normalized spacial score (nSPS) is 10.7. The van der Waals surface area contributed by atoms with Crippen molar-refractivity contribution in [3.8, 4) is 17.2 Å². The number of ether oxygens (including phenoxy) is 1. The SMILES string of the molecule is Bc1c(COC)nc(CCC)n(Cc2ccc(-c3ccccc3C#N)cc2)c1=O. The molecule has 0 N–H and O–H groups in total. The van der Waals surface area contributed by atoms with Crippen molar-refractivity contribution in [2.75, 3.05) is 7.11 Å². The lowest BCUT2D eigenvalue weighted by Crippen LogP contribution is -2.40. The van der Waals surface area contributed by atoms with Gasteiger partial charge >= 0.3 is 0 Å². The molecule has 0 spiro atoms. The van der Waals surface area contributed by atoms with Crippen LogP contribution < -0.4 is 11.0 Å². The Labute approximate surface area is 172 Å². The minimum Gasteiger partial charge on any atom is -0.378 e. The van der Waals surface area contributed by atoms with Crippen LogP contribution in [-0.4, -0.2) is 24.5 Å². The van der Waals surface area contributed by atoms with Gasteiger partial charge in [-0.25, -0.2) is 4.98 Å². The van der Waals surface area contributed by atoms with Crippen molar-refractivity contribution in [1.29, 1.82) is 5.26 Å². The number of nitriles is 1. The summed E-state index contributed by atoms with van der Waals surface area (Å²) in [6.07, 6.45) is 1.64. The molecule has 0 aliphatic rings. The minimum atomic E-state index is -0.0191. The van der Waals surface area contributed by atoms with Crippen molar-refractivity contribution in [2.24, 2.45) is 0 Å². The molecular weight excluding hydrogens is 361 g/mol. The number of rotatable bonds is 7. The molecule has 0 fully saturated rings. The van der Waals surface area contributed by atoms with Crippen LogP contribution in [0.25, 0.3) is 11.1 Å². The summed E-state index contributed by atoms with van der Waals surface area (Å²) in [5, 5.41) is 9.32. The Kier molecular flexibility index (Phi) is 6.63. The summed E-state index contributed by atoms with van der Waals surface area (Å²) in [4.78, 5) is 17.7. The molecule has 2 aromatic carbocycles. The highest BCUT2D eigenvalue weighted by Gasteiger charge is 2.13. The van der Waals surface area contributed by atoms with Crippen molar-refractivity contribution < 1.29 is 4.74 Å². The van der Waals surface area contributed by atoms with E-state index in [1.54, 1.807) is 19.5 Å². The summed E-state index contributed by atoms with van der Waals surface area (Å²) in [7, 11) is 3.41. The van der Waals surface area contributed by atoms with E-state index < -0.39 is 0 Å². The Bertz CT molecular complexity index is 1100. The molecule has 1 aromatic heterocycles. The van der Waals surface area contributed by atoms with Crippen molar-refractivity contribution in [3.05, 3.63) is 81.5 Å². The minimum absolute atomic E-state index is 0.0191. The van der Waals surface area contributed by atoms with Gasteiger partial charge in [-0.3, -0.25) is 9.36 Å². The molecule has 0 amide bonds. The van der Waals surface area contributed by atoms with Gasteiger partial charge in [0.15, 0.2) is 0 Å². The number of hydrogen-bond acceptors (Lipinski definition) is 4. The van der Waals surface area contributed by atoms with Crippen LogP contribution >= 0.6 is 0 Å². The van der Waals surface area contributed by atoms with E-state index in [2.05, 4.69) is 13.0 Å². The molecule has 146 valence electrons. The molecule has 5 nitrogen and oxygen atoms in total. The Balaban J connectivity index is 1.95. The van der Waals surface area contributed by atoms with Gasteiger partial charge in [-0.2, -0.15) is 5.26 Å². The van der Waals surface area contributed by atoms with Crippen molar-refractivity contribution in [3.63, 3.8) is 0 Å². The third kappa shape index (κ3) is 4.47. The second kappa shape index (κ2) is 9.36. The van der Waals surface area contributed by atoms with E-state index in [4.69, 9.17) is 9.72 Å². The zero-order valence-corrected chi connectivity index (χ0v) is 17.1. The summed E-state index contributed by atoms with van der Waals surface area (Å²) in [6.45, 7) is 2.88. The van der Waals surface area contributed by atoms with Gasteiger partial charge < -0.3 is 4.74 Å². The number of aryl methyl sites for hydroxylation is 1. The number of methoxy groups -OCH3 is 1. The van der Waals surface area contributed by atoms with Crippen LogP contribution in [0.4, 0.5) is 0 Å². The van der Waals surface area contributed by atoms with Crippen molar-refractivity contribution in [1.82, 2.24) is 9.55 Å². The number of nitrogens with zero attached hydrogens (tertiary/aromatic N) is 3. The van der Waals surface area contributed by atoms with Gasteiger partial charge in [0.25, 0.3) is 0 Å². The van der Waals surface area contributed by atoms with Crippen LogP contribution in [0.1, 0.15) is 36.0 Å². The highest BCUT2D eigenvalue weighted by molar-refractivity contribution is 6.32. The molecular formula is C23H24BN3O2. The first-order valence-corrected chi connectivity index (χ1v) is 9.75. The molecule has 0 unspecified atom stereocenters. The fraction of sp³-hybridized carbons (Fsp3) is 0.261. The van der Waals surface area contributed by atoms with E-state index >= 15 is 0 Å². The number of benzene rings is 2. The topological polar surface area (TPSA) is 67.9 Å². The Morgan fingerprint density at radius 1 is 1.17 bits per heavy atom. The molecule has 1 heterocycles. The number of hydrogen-bond donors (Lipinski definition) is 0. The third-order valence-electron chi connectivity index (χ3n) is 4.98. The van der Waals surface area contributed by atoms with Gasteiger partial charge in [-0.05, 0) is 34.6 Å². The molecule has 29 heavy (non-hydrogen) atoms. The van der Waals surface area contributed by atoms with Crippen LogP contribution in [0.5, 0.6) is 0 Å². The van der Waals surface area contributed by atoms with Crippen LogP contribution in [0.15, 0.2) is 53.3 Å². The smallest absolute Gasteiger partial charge is 0.247 e.